The largest absolute Gasteiger partial charge is 0.0854 e. The van der Waals surface area contributed by atoms with Gasteiger partial charge in [0.2, 0.25) is 0 Å². The Bertz CT molecular complexity index is 30.0. The molecule has 0 spiro atoms. The molecule has 0 aliphatic heterocycles. The van der Waals surface area contributed by atoms with E-state index in [1.807, 2.05) is 0 Å². The van der Waals surface area contributed by atoms with Crippen molar-refractivity contribution in [3.05, 3.63) is 6.92 Å². The molecule has 0 fully saturated rings. The van der Waals surface area contributed by atoms with Gasteiger partial charge in [0.05, 0.1) is 6.63 Å². The maximum Gasteiger partial charge on any atom is 0.0854 e. The topological polar surface area (TPSA) is 0 Å². The van der Waals surface area contributed by atoms with Crippen molar-refractivity contribution in [2.45, 2.75) is 6.42 Å². The SMILES string of the molecule is [CH]CCP(Cl)Cl. The summed E-state index contributed by atoms with van der Waals surface area (Å²) in [5, 5.41) is 0. The van der Waals surface area contributed by atoms with E-state index < -0.39 is 6.63 Å². The molecule has 2 radical (unpaired) electrons. The van der Waals surface area contributed by atoms with Crippen LogP contribution >= 0.6 is 29.1 Å². The van der Waals surface area contributed by atoms with Crippen molar-refractivity contribution in [3.63, 3.8) is 0 Å². The number of hydrogen-bond donors (Lipinski definition) is 0. The second kappa shape index (κ2) is 4.18. The van der Waals surface area contributed by atoms with Crippen LogP contribution in [0.5, 0.6) is 0 Å². The van der Waals surface area contributed by atoms with Gasteiger partial charge in [-0.1, -0.05) is 22.5 Å². The van der Waals surface area contributed by atoms with E-state index in [9.17, 15) is 0 Å². The molecule has 6 heavy (non-hydrogen) atoms. The van der Waals surface area contributed by atoms with Gasteiger partial charge in [0.1, 0.15) is 0 Å². The third-order valence-corrected chi connectivity index (χ3v) is 1.91. The summed E-state index contributed by atoms with van der Waals surface area (Å²) < 4.78 is 0. The molecular weight excluding hydrogens is 138 g/mol. The second-order valence-corrected chi connectivity index (χ2v) is 4.84. The minimum Gasteiger partial charge on any atom is -0.0781 e. The molecule has 0 aliphatic rings. The van der Waals surface area contributed by atoms with Gasteiger partial charge in [-0.05, 0) is 19.5 Å². The van der Waals surface area contributed by atoms with E-state index in [0.29, 0.717) is 6.42 Å². The summed E-state index contributed by atoms with van der Waals surface area (Å²) in [4.78, 5) is 0. The summed E-state index contributed by atoms with van der Waals surface area (Å²) in [7, 11) is 0. The van der Waals surface area contributed by atoms with Crippen LogP contribution in [0, 0.1) is 6.92 Å². The van der Waals surface area contributed by atoms with Crippen molar-refractivity contribution in [3.8, 4) is 0 Å². The average molecular weight is 143 g/mol. The van der Waals surface area contributed by atoms with E-state index in [1.165, 1.54) is 0 Å². The van der Waals surface area contributed by atoms with Gasteiger partial charge in [0, 0.05) is 0 Å². The van der Waals surface area contributed by atoms with Crippen molar-refractivity contribution < 1.29 is 0 Å². The summed E-state index contributed by atoms with van der Waals surface area (Å²) in [5.41, 5.74) is 0. The van der Waals surface area contributed by atoms with Crippen LogP contribution < -0.4 is 0 Å². The molecule has 0 bridgehead atoms. The first kappa shape index (κ1) is 7.01. The molecule has 0 atom stereocenters. The molecule has 0 nitrogen and oxygen atoms in total. The Morgan fingerprint density at radius 1 is 1.50 bits per heavy atom. The van der Waals surface area contributed by atoms with Crippen molar-refractivity contribution in [2.24, 2.45) is 0 Å². The molecule has 0 saturated heterocycles. The summed E-state index contributed by atoms with van der Waals surface area (Å²) in [5.74, 6) is 0. The molecule has 36 valence electrons. The van der Waals surface area contributed by atoms with Crippen molar-refractivity contribution in [1.29, 1.82) is 0 Å². The summed E-state index contributed by atoms with van der Waals surface area (Å²) in [6.07, 6.45) is 1.34. The predicted octanol–water partition coefficient (Wildman–Crippen LogP) is 2.88. The van der Waals surface area contributed by atoms with E-state index in [1.54, 1.807) is 0 Å². The standard InChI is InChI=1S/C3H5Cl2P/c1-2-3-6(4)5/h1H,2-3H2. The monoisotopic (exact) mass is 142 g/mol. The number of rotatable bonds is 2. The third kappa shape index (κ3) is 5.01. The lowest BCUT2D eigenvalue weighted by molar-refractivity contribution is 1.24. The molecule has 0 aromatic rings. The first-order valence-electron chi connectivity index (χ1n) is 1.56. The molecule has 0 heterocycles. The first-order valence-corrected chi connectivity index (χ1v) is 4.90. The maximum absolute atomic E-state index is 5.33. The van der Waals surface area contributed by atoms with Gasteiger partial charge in [-0.2, -0.15) is 0 Å². The molecule has 0 amide bonds. The minimum absolute atomic E-state index is 0.596. The summed E-state index contributed by atoms with van der Waals surface area (Å²) >= 11 is 10.7. The Labute approximate surface area is 49.2 Å². The fourth-order valence-electron chi connectivity index (χ4n) is 0.0976. The third-order valence-electron chi connectivity index (χ3n) is 0.298. The van der Waals surface area contributed by atoms with Crippen LogP contribution in [0.25, 0.3) is 0 Å². The number of hydrogen-bond acceptors (Lipinski definition) is 0. The predicted molar refractivity (Wildman–Crippen MR) is 32.4 cm³/mol. The molecule has 0 saturated carbocycles. The fraction of sp³-hybridized carbons (Fsp3) is 0.667. The van der Waals surface area contributed by atoms with Crippen molar-refractivity contribution in [2.75, 3.05) is 6.16 Å². The highest BCUT2D eigenvalue weighted by molar-refractivity contribution is 8.03. The molecule has 0 rings (SSSR count). The first-order chi connectivity index (χ1) is 2.77. The van der Waals surface area contributed by atoms with Crippen molar-refractivity contribution >= 4 is 29.1 Å². The molecule has 0 aromatic heterocycles. The molecule has 0 aliphatic carbocycles. The molecular formula is C3H5Cl2P. The fourth-order valence-corrected chi connectivity index (χ4v) is 0.878. The van der Waals surface area contributed by atoms with E-state index in [-0.39, 0.29) is 0 Å². The zero-order chi connectivity index (χ0) is 4.99. The zero-order valence-electron chi connectivity index (χ0n) is 3.19. The number of halogens is 2. The van der Waals surface area contributed by atoms with Gasteiger partial charge in [-0.25, -0.2) is 0 Å². The highest BCUT2D eigenvalue weighted by Gasteiger charge is 1.91. The lowest BCUT2D eigenvalue weighted by atomic mass is 10.6. The smallest absolute Gasteiger partial charge is 0.0781 e. The Hall–Kier alpha value is 1.01. The summed E-state index contributed by atoms with van der Waals surface area (Å²) in [6, 6.07) is 0. The van der Waals surface area contributed by atoms with Crippen LogP contribution in [-0.2, 0) is 0 Å². The van der Waals surface area contributed by atoms with Crippen LogP contribution in [0.4, 0.5) is 0 Å². The van der Waals surface area contributed by atoms with Crippen LogP contribution in [0.15, 0.2) is 0 Å². The Kier molecular flexibility index (Phi) is 4.88. The summed E-state index contributed by atoms with van der Waals surface area (Å²) in [6.45, 7) is 4.30. The van der Waals surface area contributed by atoms with Crippen molar-refractivity contribution in [1.82, 2.24) is 0 Å². The maximum atomic E-state index is 5.33. The van der Waals surface area contributed by atoms with Gasteiger partial charge < -0.3 is 0 Å². The van der Waals surface area contributed by atoms with Gasteiger partial charge in [-0.3, -0.25) is 0 Å². The van der Waals surface area contributed by atoms with Crippen LogP contribution in [-0.4, -0.2) is 6.16 Å². The van der Waals surface area contributed by atoms with E-state index in [0.717, 1.165) is 6.16 Å². The Balaban J connectivity index is 2.63. The average Bonchev–Trinajstić information content (AvgIpc) is 1.35. The zero-order valence-corrected chi connectivity index (χ0v) is 5.60. The lowest BCUT2D eigenvalue weighted by Gasteiger charge is -1.90. The minimum atomic E-state index is -0.781. The second-order valence-electron chi connectivity index (χ2n) is 0.815. The Morgan fingerprint density at radius 2 is 2.00 bits per heavy atom. The molecule has 0 unspecified atom stereocenters. The highest BCUT2D eigenvalue weighted by Crippen LogP contribution is 2.46. The van der Waals surface area contributed by atoms with Gasteiger partial charge in [0.25, 0.3) is 0 Å². The van der Waals surface area contributed by atoms with Gasteiger partial charge in [-0.15, -0.1) is 0 Å². The van der Waals surface area contributed by atoms with E-state index in [4.69, 9.17) is 29.4 Å². The molecule has 0 N–H and O–H groups in total. The quantitative estimate of drug-likeness (QED) is 0.521. The van der Waals surface area contributed by atoms with Gasteiger partial charge in [0.15, 0.2) is 0 Å². The highest BCUT2D eigenvalue weighted by atomic mass is 35.9. The van der Waals surface area contributed by atoms with E-state index >= 15 is 0 Å². The van der Waals surface area contributed by atoms with Gasteiger partial charge >= 0.3 is 0 Å². The molecule has 0 aromatic carbocycles. The van der Waals surface area contributed by atoms with Crippen LogP contribution in [0.2, 0.25) is 0 Å². The molecule has 3 heteroatoms. The van der Waals surface area contributed by atoms with E-state index in [2.05, 4.69) is 0 Å². The Morgan fingerprint density at radius 3 is 2.00 bits per heavy atom. The lowest BCUT2D eigenvalue weighted by Crippen LogP contribution is -1.64. The normalized spacial score (nSPS) is 10.0. The van der Waals surface area contributed by atoms with Crippen LogP contribution in [0.3, 0.4) is 0 Å². The van der Waals surface area contributed by atoms with Crippen LogP contribution in [0.1, 0.15) is 6.42 Å².